The monoisotopic (exact) mass is 303 g/mol. The molecule has 22 heavy (non-hydrogen) atoms. The molecule has 2 heterocycles. The number of rotatable bonds is 5. The molecule has 0 radical (unpaired) electrons. The third-order valence-electron chi connectivity index (χ3n) is 4.53. The Labute approximate surface area is 130 Å². The van der Waals surface area contributed by atoms with E-state index in [1.807, 2.05) is 0 Å². The Morgan fingerprint density at radius 1 is 1.32 bits per heavy atom. The summed E-state index contributed by atoms with van der Waals surface area (Å²) in [5.74, 6) is 1.27. The maximum absolute atomic E-state index is 12.3. The predicted octanol–water partition coefficient (Wildman–Crippen LogP) is 2.60. The van der Waals surface area contributed by atoms with Crippen LogP contribution in [0.15, 0.2) is 4.79 Å². The molecule has 3 rings (SSSR count). The van der Waals surface area contributed by atoms with Crippen molar-refractivity contribution in [1.29, 1.82) is 0 Å². The summed E-state index contributed by atoms with van der Waals surface area (Å²) in [5.41, 5.74) is 2.09. The van der Waals surface area contributed by atoms with Gasteiger partial charge >= 0.3 is 0 Å². The molecule has 1 aliphatic rings. The van der Waals surface area contributed by atoms with Crippen LogP contribution in [0.1, 0.15) is 51.1 Å². The summed E-state index contributed by atoms with van der Waals surface area (Å²) in [6.45, 7) is 2.99. The smallest absolute Gasteiger partial charge is 0.278 e. The Hall–Kier alpha value is -1.85. The summed E-state index contributed by atoms with van der Waals surface area (Å²) >= 11 is 0. The highest BCUT2D eigenvalue weighted by Gasteiger charge is 2.16. The zero-order valence-electron chi connectivity index (χ0n) is 13.5. The molecule has 1 aliphatic carbocycles. The molecule has 1 saturated carbocycles. The zero-order chi connectivity index (χ0) is 15.5. The Balaban J connectivity index is 1.84. The Kier molecular flexibility index (Phi) is 4.45. The number of nitrogens with zero attached hydrogens (tertiary/aromatic N) is 3. The van der Waals surface area contributed by atoms with E-state index in [4.69, 9.17) is 0 Å². The fourth-order valence-corrected chi connectivity index (χ4v) is 3.37. The molecule has 0 aromatic carbocycles. The average Bonchev–Trinajstić information content (AvgIpc) is 2.83. The van der Waals surface area contributed by atoms with Gasteiger partial charge in [0.15, 0.2) is 5.52 Å². The predicted molar refractivity (Wildman–Crippen MR) is 88.2 cm³/mol. The van der Waals surface area contributed by atoms with Crippen LogP contribution in [0.2, 0.25) is 0 Å². The van der Waals surface area contributed by atoms with Crippen molar-refractivity contribution in [2.75, 3.05) is 11.9 Å². The molecule has 0 bridgehead atoms. The van der Waals surface area contributed by atoms with Crippen molar-refractivity contribution in [3.8, 4) is 0 Å². The van der Waals surface area contributed by atoms with Crippen LogP contribution in [0.3, 0.4) is 0 Å². The Bertz CT molecular complexity index is 696. The molecule has 0 unspecified atom stereocenters. The number of hydrogen-bond donors (Lipinski definition) is 2. The summed E-state index contributed by atoms with van der Waals surface area (Å²) in [6.07, 6.45) is 8.37. The number of nitrogens with one attached hydrogen (secondary N) is 2. The highest BCUT2D eigenvalue weighted by atomic mass is 16.1. The molecule has 2 aromatic heterocycles. The lowest BCUT2D eigenvalue weighted by molar-refractivity contribution is 0.373. The van der Waals surface area contributed by atoms with Crippen molar-refractivity contribution in [1.82, 2.24) is 19.7 Å². The molecule has 2 N–H and O–H groups in total. The lowest BCUT2D eigenvalue weighted by Gasteiger charge is -2.21. The van der Waals surface area contributed by atoms with Gasteiger partial charge in [-0.1, -0.05) is 32.6 Å². The van der Waals surface area contributed by atoms with Crippen molar-refractivity contribution in [2.24, 2.45) is 13.0 Å². The molecule has 120 valence electrons. The first-order valence-electron chi connectivity index (χ1n) is 8.38. The van der Waals surface area contributed by atoms with Crippen molar-refractivity contribution in [2.45, 2.75) is 51.9 Å². The molecule has 0 saturated heterocycles. The summed E-state index contributed by atoms with van der Waals surface area (Å²) in [5, 5.41) is 7.76. The Morgan fingerprint density at radius 3 is 2.82 bits per heavy atom. The van der Waals surface area contributed by atoms with E-state index in [0.29, 0.717) is 17.4 Å². The van der Waals surface area contributed by atoms with Crippen LogP contribution < -0.4 is 10.9 Å². The molecular formula is C16H25N5O. The zero-order valence-corrected chi connectivity index (χ0v) is 13.5. The first kappa shape index (κ1) is 15.1. The van der Waals surface area contributed by atoms with Gasteiger partial charge in [0, 0.05) is 13.6 Å². The van der Waals surface area contributed by atoms with E-state index in [9.17, 15) is 4.79 Å². The van der Waals surface area contributed by atoms with Gasteiger partial charge < -0.3 is 5.32 Å². The van der Waals surface area contributed by atoms with Gasteiger partial charge in [-0.15, -0.1) is 0 Å². The van der Waals surface area contributed by atoms with E-state index in [-0.39, 0.29) is 5.56 Å². The SMILES string of the molecule is CCCc1nn(C)c2c(=O)[nH]c(NCC3CCCCC3)nc12. The Morgan fingerprint density at radius 2 is 2.09 bits per heavy atom. The lowest BCUT2D eigenvalue weighted by Crippen LogP contribution is -2.21. The number of hydrogen-bond acceptors (Lipinski definition) is 4. The first-order valence-corrected chi connectivity index (χ1v) is 8.38. The molecule has 6 heteroatoms. The molecule has 1 fully saturated rings. The molecule has 2 aromatic rings. The quantitative estimate of drug-likeness (QED) is 0.890. The highest BCUT2D eigenvalue weighted by molar-refractivity contribution is 5.77. The fraction of sp³-hybridized carbons (Fsp3) is 0.688. The normalized spacial score (nSPS) is 16.3. The van der Waals surface area contributed by atoms with E-state index in [1.54, 1.807) is 11.7 Å². The largest absolute Gasteiger partial charge is 0.355 e. The summed E-state index contributed by atoms with van der Waals surface area (Å²) in [4.78, 5) is 19.8. The van der Waals surface area contributed by atoms with Crippen LogP contribution in [0, 0.1) is 5.92 Å². The number of H-pyrrole nitrogens is 1. The molecule has 0 amide bonds. The van der Waals surface area contributed by atoms with E-state index in [0.717, 1.165) is 30.6 Å². The van der Waals surface area contributed by atoms with E-state index in [2.05, 4.69) is 27.3 Å². The van der Waals surface area contributed by atoms with E-state index in [1.165, 1.54) is 32.1 Å². The molecule has 0 aliphatic heterocycles. The number of aromatic nitrogens is 4. The van der Waals surface area contributed by atoms with Gasteiger partial charge in [-0.25, -0.2) is 4.98 Å². The van der Waals surface area contributed by atoms with Gasteiger partial charge in [0.1, 0.15) is 5.52 Å². The first-order chi connectivity index (χ1) is 10.7. The van der Waals surface area contributed by atoms with Gasteiger partial charge in [0.25, 0.3) is 5.56 Å². The van der Waals surface area contributed by atoms with Crippen molar-refractivity contribution in [3.63, 3.8) is 0 Å². The molecular weight excluding hydrogens is 278 g/mol. The maximum Gasteiger partial charge on any atom is 0.278 e. The third kappa shape index (κ3) is 3.00. The van der Waals surface area contributed by atoms with Crippen molar-refractivity contribution in [3.05, 3.63) is 16.0 Å². The number of aromatic amines is 1. The van der Waals surface area contributed by atoms with Crippen LogP contribution in [0.4, 0.5) is 5.95 Å². The lowest BCUT2D eigenvalue weighted by atomic mass is 9.89. The highest BCUT2D eigenvalue weighted by Crippen LogP contribution is 2.23. The summed E-state index contributed by atoms with van der Waals surface area (Å²) in [6, 6.07) is 0. The van der Waals surface area contributed by atoms with E-state index < -0.39 is 0 Å². The molecule has 0 atom stereocenters. The van der Waals surface area contributed by atoms with Crippen molar-refractivity contribution < 1.29 is 0 Å². The van der Waals surface area contributed by atoms with Gasteiger partial charge in [0.2, 0.25) is 5.95 Å². The maximum atomic E-state index is 12.3. The van der Waals surface area contributed by atoms with Crippen LogP contribution >= 0.6 is 0 Å². The molecule has 6 nitrogen and oxygen atoms in total. The van der Waals surface area contributed by atoms with E-state index >= 15 is 0 Å². The molecule has 0 spiro atoms. The second-order valence-corrected chi connectivity index (χ2v) is 6.32. The minimum absolute atomic E-state index is 0.117. The second-order valence-electron chi connectivity index (χ2n) is 6.32. The number of anilines is 1. The number of aryl methyl sites for hydroxylation is 2. The minimum Gasteiger partial charge on any atom is -0.355 e. The van der Waals surface area contributed by atoms with Crippen LogP contribution in [-0.4, -0.2) is 26.3 Å². The van der Waals surface area contributed by atoms with Gasteiger partial charge in [0.05, 0.1) is 5.69 Å². The average molecular weight is 303 g/mol. The third-order valence-corrected chi connectivity index (χ3v) is 4.53. The number of fused-ring (bicyclic) bond motifs is 1. The second kappa shape index (κ2) is 6.50. The van der Waals surface area contributed by atoms with Gasteiger partial charge in [-0.3, -0.25) is 14.5 Å². The standard InChI is InChI=1S/C16H25N5O/c1-3-7-12-13-14(21(2)20-12)15(22)19-16(18-13)17-10-11-8-5-4-6-9-11/h11H,3-10H2,1-2H3,(H2,17,18,19,22). The van der Waals surface area contributed by atoms with Gasteiger partial charge in [-0.05, 0) is 25.2 Å². The summed E-state index contributed by atoms with van der Waals surface area (Å²) < 4.78 is 1.64. The van der Waals surface area contributed by atoms with Crippen LogP contribution in [-0.2, 0) is 13.5 Å². The van der Waals surface area contributed by atoms with Crippen LogP contribution in [0.25, 0.3) is 11.0 Å². The van der Waals surface area contributed by atoms with Crippen molar-refractivity contribution >= 4 is 17.0 Å². The summed E-state index contributed by atoms with van der Waals surface area (Å²) in [7, 11) is 1.80. The minimum atomic E-state index is -0.117. The fourth-order valence-electron chi connectivity index (χ4n) is 3.37. The topological polar surface area (TPSA) is 75.6 Å². The van der Waals surface area contributed by atoms with Gasteiger partial charge in [-0.2, -0.15) is 5.10 Å². The van der Waals surface area contributed by atoms with Crippen LogP contribution in [0.5, 0.6) is 0 Å².